The molecule has 0 spiro atoms. The van der Waals surface area contributed by atoms with Gasteiger partial charge in [-0.3, -0.25) is 0 Å². The van der Waals surface area contributed by atoms with Gasteiger partial charge in [-0.05, 0) is 6.92 Å². The average Bonchev–Trinajstić information content (AvgIpc) is 2.13. The molecule has 0 aliphatic heterocycles. The Balaban J connectivity index is 2.58. The van der Waals surface area contributed by atoms with E-state index in [0.717, 1.165) is 9.88 Å². The summed E-state index contributed by atoms with van der Waals surface area (Å²) in [6, 6.07) is 0. The molecule has 0 aliphatic rings. The third-order valence-electron chi connectivity index (χ3n) is 0.966. The summed E-state index contributed by atoms with van der Waals surface area (Å²) in [6.07, 6.45) is 2.03. The fraction of sp³-hybridized carbons (Fsp3) is 0.400. The van der Waals surface area contributed by atoms with E-state index in [4.69, 9.17) is 9.79 Å². The van der Waals surface area contributed by atoms with E-state index >= 15 is 0 Å². The van der Waals surface area contributed by atoms with Crippen LogP contribution in [0.3, 0.4) is 0 Å². The number of aromatic nitrogens is 1. The quantitative estimate of drug-likeness (QED) is 0.668. The highest BCUT2D eigenvalue weighted by Gasteiger charge is 2.03. The van der Waals surface area contributed by atoms with Crippen molar-refractivity contribution in [3.05, 3.63) is 16.1 Å². The minimum atomic E-state index is -1.79. The standard InChI is InChI=1S/C5H8NO2PS/c1-4-6-2-5(10-4)3-9(7)8/h2,7-8H,3H2,1H3. The maximum atomic E-state index is 8.61. The van der Waals surface area contributed by atoms with Gasteiger partial charge in [0.25, 0.3) is 0 Å². The van der Waals surface area contributed by atoms with E-state index in [1.54, 1.807) is 6.20 Å². The van der Waals surface area contributed by atoms with Gasteiger partial charge in [-0.2, -0.15) is 0 Å². The van der Waals surface area contributed by atoms with E-state index in [-0.39, 0.29) is 0 Å². The molecule has 0 saturated carbocycles. The molecule has 0 bridgehead atoms. The third kappa shape index (κ3) is 2.31. The van der Waals surface area contributed by atoms with Gasteiger partial charge in [-0.25, -0.2) is 4.98 Å². The maximum absolute atomic E-state index is 8.61. The van der Waals surface area contributed by atoms with Gasteiger partial charge < -0.3 is 9.79 Å². The zero-order chi connectivity index (χ0) is 7.56. The minimum absolute atomic E-state index is 0.348. The summed E-state index contributed by atoms with van der Waals surface area (Å²) >= 11 is 1.50. The monoisotopic (exact) mass is 177 g/mol. The fourth-order valence-corrected chi connectivity index (χ4v) is 2.17. The van der Waals surface area contributed by atoms with Gasteiger partial charge in [0.15, 0.2) is 8.38 Å². The first-order valence-corrected chi connectivity index (χ1v) is 5.00. The lowest BCUT2D eigenvalue weighted by atomic mass is 10.6. The highest BCUT2D eigenvalue weighted by molar-refractivity contribution is 7.44. The summed E-state index contributed by atoms with van der Waals surface area (Å²) in [5.41, 5.74) is 0. The predicted molar refractivity (Wildman–Crippen MR) is 41.9 cm³/mol. The van der Waals surface area contributed by atoms with Crippen molar-refractivity contribution in [2.24, 2.45) is 0 Å². The Morgan fingerprint density at radius 3 is 2.80 bits per heavy atom. The van der Waals surface area contributed by atoms with Crippen LogP contribution in [-0.2, 0) is 6.16 Å². The zero-order valence-corrected chi connectivity index (χ0v) is 7.19. The second-order valence-electron chi connectivity index (χ2n) is 1.88. The highest BCUT2D eigenvalue weighted by atomic mass is 32.1. The summed E-state index contributed by atoms with van der Waals surface area (Å²) in [7, 11) is -1.79. The van der Waals surface area contributed by atoms with Crippen LogP contribution in [0.25, 0.3) is 0 Å². The van der Waals surface area contributed by atoms with Crippen LogP contribution in [-0.4, -0.2) is 14.8 Å². The van der Waals surface area contributed by atoms with Crippen LogP contribution in [0.2, 0.25) is 0 Å². The Bertz CT molecular complexity index is 213. The van der Waals surface area contributed by atoms with Crippen molar-refractivity contribution in [2.45, 2.75) is 13.1 Å². The molecule has 5 heteroatoms. The Morgan fingerprint density at radius 1 is 1.70 bits per heavy atom. The van der Waals surface area contributed by atoms with Gasteiger partial charge in [0.2, 0.25) is 0 Å². The molecule has 56 valence electrons. The molecule has 1 aromatic rings. The maximum Gasteiger partial charge on any atom is 0.170 e. The van der Waals surface area contributed by atoms with E-state index in [1.165, 1.54) is 11.3 Å². The van der Waals surface area contributed by atoms with Crippen LogP contribution in [0, 0.1) is 6.92 Å². The van der Waals surface area contributed by atoms with Crippen molar-refractivity contribution in [3.8, 4) is 0 Å². The van der Waals surface area contributed by atoms with Crippen molar-refractivity contribution < 1.29 is 9.79 Å². The molecule has 1 heterocycles. The highest BCUT2D eigenvalue weighted by Crippen LogP contribution is 2.31. The number of rotatable bonds is 2. The second-order valence-corrected chi connectivity index (χ2v) is 4.26. The van der Waals surface area contributed by atoms with Crippen molar-refractivity contribution >= 4 is 19.7 Å². The molecule has 0 atom stereocenters. The van der Waals surface area contributed by atoms with E-state index in [0.29, 0.717) is 6.16 Å². The summed E-state index contributed by atoms with van der Waals surface area (Å²) in [5.74, 6) is 0. The predicted octanol–water partition coefficient (Wildman–Crippen LogP) is 1.25. The first-order valence-electron chi connectivity index (χ1n) is 2.75. The van der Waals surface area contributed by atoms with Gasteiger partial charge in [-0.15, -0.1) is 11.3 Å². The molecular formula is C5H8NO2PS. The minimum Gasteiger partial charge on any atom is -0.350 e. The van der Waals surface area contributed by atoms with Gasteiger partial charge >= 0.3 is 0 Å². The molecule has 0 saturated heterocycles. The van der Waals surface area contributed by atoms with Crippen LogP contribution >= 0.6 is 19.7 Å². The topological polar surface area (TPSA) is 53.4 Å². The van der Waals surface area contributed by atoms with Crippen molar-refractivity contribution in [3.63, 3.8) is 0 Å². The molecule has 2 N–H and O–H groups in total. The first-order chi connectivity index (χ1) is 4.68. The smallest absolute Gasteiger partial charge is 0.170 e. The SMILES string of the molecule is Cc1ncc(CP(O)O)s1. The van der Waals surface area contributed by atoms with E-state index in [1.807, 2.05) is 6.92 Å². The number of nitrogens with zero attached hydrogens (tertiary/aromatic N) is 1. The lowest BCUT2D eigenvalue weighted by Crippen LogP contribution is -1.74. The van der Waals surface area contributed by atoms with Crippen LogP contribution in [0.15, 0.2) is 6.20 Å². The van der Waals surface area contributed by atoms with Crippen LogP contribution in [0.5, 0.6) is 0 Å². The molecule has 0 amide bonds. The summed E-state index contributed by atoms with van der Waals surface area (Å²) < 4.78 is 0. The zero-order valence-electron chi connectivity index (χ0n) is 5.48. The van der Waals surface area contributed by atoms with Crippen molar-refractivity contribution in [1.29, 1.82) is 0 Å². The van der Waals surface area contributed by atoms with Crippen molar-refractivity contribution in [2.75, 3.05) is 0 Å². The van der Waals surface area contributed by atoms with Crippen LogP contribution in [0.1, 0.15) is 9.88 Å². The summed E-state index contributed by atoms with van der Waals surface area (Å²) in [4.78, 5) is 22.1. The molecule has 1 rings (SSSR count). The molecule has 0 fully saturated rings. The number of hydrogen-bond donors (Lipinski definition) is 2. The lowest BCUT2D eigenvalue weighted by Gasteiger charge is -1.95. The molecule has 0 aliphatic carbocycles. The molecule has 3 nitrogen and oxygen atoms in total. The molecule has 0 aromatic carbocycles. The fourth-order valence-electron chi connectivity index (χ4n) is 0.618. The molecule has 0 unspecified atom stereocenters. The van der Waals surface area contributed by atoms with Crippen LogP contribution < -0.4 is 0 Å². The lowest BCUT2D eigenvalue weighted by molar-refractivity contribution is 0.482. The van der Waals surface area contributed by atoms with E-state index < -0.39 is 8.38 Å². The number of thiazole rings is 1. The largest absolute Gasteiger partial charge is 0.350 e. The molecular weight excluding hydrogens is 169 g/mol. The Kier molecular flexibility index (Phi) is 2.74. The Labute approximate surface area is 64.3 Å². The van der Waals surface area contributed by atoms with E-state index in [2.05, 4.69) is 4.98 Å². The molecule has 0 radical (unpaired) electrons. The molecule has 10 heavy (non-hydrogen) atoms. The summed E-state index contributed by atoms with van der Waals surface area (Å²) in [6.45, 7) is 1.89. The van der Waals surface area contributed by atoms with Gasteiger partial charge in [0.05, 0.1) is 11.2 Å². The van der Waals surface area contributed by atoms with Gasteiger partial charge in [-0.1, -0.05) is 0 Å². The first kappa shape index (κ1) is 8.08. The summed E-state index contributed by atoms with van der Waals surface area (Å²) in [5, 5.41) is 0.965. The van der Waals surface area contributed by atoms with Gasteiger partial charge in [0, 0.05) is 11.1 Å². The van der Waals surface area contributed by atoms with Crippen LogP contribution in [0.4, 0.5) is 0 Å². The van der Waals surface area contributed by atoms with Gasteiger partial charge in [0.1, 0.15) is 0 Å². The average molecular weight is 177 g/mol. The Hall–Kier alpha value is -0.0200. The van der Waals surface area contributed by atoms with E-state index in [9.17, 15) is 0 Å². The molecule has 1 aromatic heterocycles. The normalized spacial score (nSPS) is 10.8. The van der Waals surface area contributed by atoms with Crippen molar-refractivity contribution in [1.82, 2.24) is 4.98 Å². The number of hydrogen-bond acceptors (Lipinski definition) is 4. The Morgan fingerprint density at radius 2 is 2.40 bits per heavy atom. The third-order valence-corrected chi connectivity index (χ3v) is 2.72. The number of aryl methyl sites for hydroxylation is 1. The second kappa shape index (κ2) is 3.39.